The average molecular weight is 919 g/mol. The molecule has 0 fully saturated rings. The van der Waals surface area contributed by atoms with Crippen molar-refractivity contribution in [2.75, 3.05) is 33.3 Å². The van der Waals surface area contributed by atoms with Crippen molar-refractivity contribution >= 4 is 46.5 Å². The Kier molecular flexibility index (Phi) is 18.4. The van der Waals surface area contributed by atoms with Crippen molar-refractivity contribution in [2.45, 2.75) is 77.8 Å². The number of likely N-dealkylation sites (N-methyl/N-ethyl adjacent to an activating group) is 1. The number of hydrogen-bond acceptors (Lipinski definition) is 11. The first-order chi connectivity index (χ1) is 31.6. The maximum Gasteiger partial charge on any atom is 0.226 e. The lowest BCUT2D eigenvalue weighted by atomic mass is 9.86. The van der Waals surface area contributed by atoms with Crippen LogP contribution >= 0.6 is 11.6 Å². The Morgan fingerprint density at radius 1 is 0.894 bits per heavy atom. The van der Waals surface area contributed by atoms with Crippen molar-refractivity contribution in [3.63, 3.8) is 0 Å². The Bertz CT molecular complexity index is 2480. The van der Waals surface area contributed by atoms with Crippen molar-refractivity contribution in [1.29, 1.82) is 0 Å². The van der Waals surface area contributed by atoms with E-state index in [9.17, 15) is 33.9 Å². The summed E-state index contributed by atoms with van der Waals surface area (Å²) in [5.74, 6) is 1.14. The molecule has 8 N–H and O–H groups in total. The first kappa shape index (κ1) is 50.8. The third kappa shape index (κ3) is 13.0. The van der Waals surface area contributed by atoms with Crippen molar-refractivity contribution < 1.29 is 38.6 Å². The molecule has 2 amide bonds. The number of phenols is 1. The Balaban J connectivity index is 1.64. The predicted octanol–water partition coefficient (Wildman–Crippen LogP) is 6.37. The molecule has 0 saturated heterocycles. The number of halogens is 1. The monoisotopic (exact) mass is 917 g/mol. The van der Waals surface area contributed by atoms with Gasteiger partial charge in [-0.1, -0.05) is 86.2 Å². The van der Waals surface area contributed by atoms with E-state index in [2.05, 4.69) is 17.2 Å². The minimum Gasteiger partial charge on any atom is -0.507 e. The number of carbonyl (C=O) groups is 6. The van der Waals surface area contributed by atoms with Crippen LogP contribution < -0.4 is 27.3 Å². The maximum atomic E-state index is 15.0. The van der Waals surface area contributed by atoms with Gasteiger partial charge in [-0.15, -0.1) is 0 Å². The summed E-state index contributed by atoms with van der Waals surface area (Å²) in [6.07, 6.45) is 0.821. The highest BCUT2D eigenvalue weighted by atomic mass is 35.5. The van der Waals surface area contributed by atoms with Crippen molar-refractivity contribution in [1.82, 2.24) is 10.2 Å². The number of ether oxygens (including phenoxy) is 1. The van der Waals surface area contributed by atoms with Crippen molar-refractivity contribution in [2.24, 2.45) is 35.0 Å². The molecule has 5 rings (SSSR count). The predicted molar refractivity (Wildman–Crippen MR) is 256 cm³/mol. The van der Waals surface area contributed by atoms with Crippen LogP contribution in [0.4, 0.5) is 0 Å². The second-order valence-electron chi connectivity index (χ2n) is 17.0. The molecule has 0 aromatic heterocycles. The fourth-order valence-corrected chi connectivity index (χ4v) is 8.23. The van der Waals surface area contributed by atoms with Gasteiger partial charge in [0.25, 0.3) is 0 Å². The van der Waals surface area contributed by atoms with Gasteiger partial charge in [0.2, 0.25) is 11.8 Å². The van der Waals surface area contributed by atoms with Crippen molar-refractivity contribution in [3.05, 3.63) is 106 Å². The molecule has 66 heavy (non-hydrogen) atoms. The lowest BCUT2D eigenvalue weighted by Gasteiger charge is -2.32. The number of rotatable bonds is 17. The van der Waals surface area contributed by atoms with Gasteiger partial charge in [-0.05, 0) is 91.4 Å². The molecule has 0 aliphatic carbocycles. The van der Waals surface area contributed by atoms with E-state index in [1.807, 2.05) is 24.3 Å². The summed E-state index contributed by atoms with van der Waals surface area (Å²) in [7, 11) is 1.49. The van der Waals surface area contributed by atoms with Gasteiger partial charge in [0.15, 0.2) is 17.3 Å². The molecule has 348 valence electrons. The van der Waals surface area contributed by atoms with Gasteiger partial charge in [0.1, 0.15) is 29.9 Å². The molecule has 4 aromatic carbocycles. The molecule has 1 aliphatic rings. The molecular weight excluding hydrogens is 858 g/mol. The highest BCUT2D eigenvalue weighted by Crippen LogP contribution is 2.42. The summed E-state index contributed by atoms with van der Waals surface area (Å²) in [6, 6.07) is 20.1. The fourth-order valence-electron chi connectivity index (χ4n) is 8.10. The quantitative estimate of drug-likeness (QED) is 0.0445. The zero-order valence-corrected chi connectivity index (χ0v) is 38.8. The second kappa shape index (κ2) is 23.8. The van der Waals surface area contributed by atoms with Crippen LogP contribution in [0.15, 0.2) is 78.9 Å². The molecule has 0 radical (unpaired) electrons. The summed E-state index contributed by atoms with van der Waals surface area (Å²) in [4.78, 5) is 85.1. The topological polar surface area (TPSA) is 225 Å². The number of nitrogens with one attached hydrogen (secondary N) is 1. The van der Waals surface area contributed by atoms with E-state index in [4.69, 9.17) is 33.5 Å². The fraction of sp³-hybridized carbons (Fsp3) is 0.385. The molecule has 4 bridgehead atoms. The summed E-state index contributed by atoms with van der Waals surface area (Å²) in [5.41, 5.74) is 21.6. The Morgan fingerprint density at radius 2 is 1.58 bits per heavy atom. The molecule has 0 saturated carbocycles. The zero-order valence-electron chi connectivity index (χ0n) is 38.0. The lowest BCUT2D eigenvalue weighted by molar-refractivity contribution is -0.142. The van der Waals surface area contributed by atoms with E-state index < -0.39 is 47.4 Å². The van der Waals surface area contributed by atoms with Crippen LogP contribution in [0.5, 0.6) is 11.5 Å². The minimum atomic E-state index is -1.33. The highest BCUT2D eigenvalue weighted by molar-refractivity contribution is 6.30. The number of phenolic OH excluding ortho intramolecular Hbond substituents is 1. The standard InChI is InChI=1S/C52H60ClN5O8/c1-31(33(3)59)24-47(62)44-27-34-10-19-45(60)42(26-34)43-29-40(28-38(9-7-21-55)50(43)66-23-22-56)49(48(63)25-32(2)51(64)57-44)58(4)52(65)39(8-5-6-20-54)30-46(61)37-13-11-35(12-14-37)36-15-17-41(53)18-16-36/h10-19,26,28-29,31-32,39,44,49,60H,5-6,8,20-25,27,30,54-56H2,1-4H3,(H,57,64)/t31-,32-,39-,44+,49+/m1/s1. The van der Waals surface area contributed by atoms with Gasteiger partial charge < -0.3 is 37.3 Å². The van der Waals surface area contributed by atoms with Crippen molar-refractivity contribution in [3.8, 4) is 45.6 Å². The summed E-state index contributed by atoms with van der Waals surface area (Å²) < 4.78 is 6.22. The number of nitrogens with zero attached hydrogens (tertiary/aromatic N) is 1. The largest absolute Gasteiger partial charge is 0.507 e. The SMILES string of the molecule is CC(=O)[C@H](C)CC(=O)[C@@H]1Cc2ccc(O)c(c2)-c2cc(cc(C#CCN)c2OCCN)[C@H](N(C)C(=O)[C@H](CCCCN)CC(=O)c2ccc(-c3ccc(Cl)cc3)cc2)C(=O)C[C@@H](C)C(=O)N1. The summed E-state index contributed by atoms with van der Waals surface area (Å²) in [6.45, 7) is 5.15. The number of benzene rings is 4. The smallest absolute Gasteiger partial charge is 0.226 e. The van der Waals surface area contributed by atoms with Gasteiger partial charge >= 0.3 is 0 Å². The first-order valence-electron chi connectivity index (χ1n) is 22.3. The van der Waals surface area contributed by atoms with Gasteiger partial charge in [-0.3, -0.25) is 28.8 Å². The van der Waals surface area contributed by atoms with Crippen LogP contribution in [0.3, 0.4) is 0 Å². The zero-order chi connectivity index (χ0) is 48.1. The molecule has 0 unspecified atom stereocenters. The molecule has 14 heteroatoms. The van der Waals surface area contributed by atoms with Crippen LogP contribution in [0.25, 0.3) is 22.3 Å². The number of amides is 2. The molecule has 4 aromatic rings. The summed E-state index contributed by atoms with van der Waals surface area (Å²) in [5, 5.41) is 14.9. The third-order valence-electron chi connectivity index (χ3n) is 12.0. The minimum absolute atomic E-state index is 0.0122. The lowest BCUT2D eigenvalue weighted by Crippen LogP contribution is -2.46. The number of hydrogen-bond donors (Lipinski definition) is 5. The first-order valence-corrected chi connectivity index (χ1v) is 22.7. The van der Waals surface area contributed by atoms with E-state index >= 15 is 0 Å². The molecule has 13 nitrogen and oxygen atoms in total. The number of carbonyl (C=O) groups excluding carboxylic acids is 6. The van der Waals surface area contributed by atoms with Crippen LogP contribution in [0.2, 0.25) is 5.02 Å². The van der Waals surface area contributed by atoms with E-state index in [0.717, 1.165) is 11.1 Å². The van der Waals surface area contributed by atoms with Gasteiger partial charge in [0.05, 0.1) is 18.2 Å². The van der Waals surface area contributed by atoms with E-state index in [-0.39, 0.29) is 79.8 Å². The van der Waals surface area contributed by atoms with E-state index in [1.54, 1.807) is 62.4 Å². The second-order valence-corrected chi connectivity index (χ2v) is 17.4. The number of aromatic hydroxyl groups is 1. The number of ketones is 4. The Morgan fingerprint density at radius 3 is 2.21 bits per heavy atom. The molecule has 1 aliphatic heterocycles. The van der Waals surface area contributed by atoms with Gasteiger partial charge in [-0.25, -0.2) is 0 Å². The Labute approximate surface area is 391 Å². The number of nitrogens with two attached hydrogens (primary N) is 3. The van der Waals surface area contributed by atoms with Gasteiger partial charge in [-0.2, -0.15) is 0 Å². The van der Waals surface area contributed by atoms with Crippen LogP contribution in [0, 0.1) is 29.6 Å². The third-order valence-corrected chi connectivity index (χ3v) is 12.2. The number of unbranched alkanes of at least 4 members (excludes halogenated alkanes) is 1. The maximum absolute atomic E-state index is 15.0. The normalized spacial score (nSPS) is 17.0. The Hall–Kier alpha value is -6.17. The molecule has 1 heterocycles. The van der Waals surface area contributed by atoms with E-state index in [1.165, 1.54) is 24.9 Å². The average Bonchev–Trinajstić information content (AvgIpc) is 3.29. The van der Waals surface area contributed by atoms with Crippen LogP contribution in [-0.2, 0) is 30.4 Å². The highest BCUT2D eigenvalue weighted by Gasteiger charge is 2.37. The number of Topliss-reactive ketones (excluding diaryl/α,β-unsaturated/α-hetero) is 4. The van der Waals surface area contributed by atoms with Crippen LogP contribution in [0.1, 0.15) is 92.4 Å². The van der Waals surface area contributed by atoms with E-state index in [0.29, 0.717) is 58.6 Å². The number of fused-ring (bicyclic) bond motifs is 5. The molecule has 0 spiro atoms. The molecular formula is C52H60ClN5O8. The van der Waals surface area contributed by atoms with Gasteiger partial charge in [0, 0.05) is 72.3 Å². The van der Waals surface area contributed by atoms with Crippen LogP contribution in [-0.4, -0.2) is 84.3 Å². The summed E-state index contributed by atoms with van der Waals surface area (Å²) >= 11 is 6.08. The molecule has 5 atom stereocenters.